The number of pyridine rings is 2. The Morgan fingerprint density at radius 1 is 1.14 bits per heavy atom. The number of nitrogens with zero attached hydrogens (tertiary/aromatic N) is 3. The van der Waals surface area contributed by atoms with E-state index in [0.29, 0.717) is 30.2 Å². The van der Waals surface area contributed by atoms with Crippen LogP contribution in [0, 0.1) is 6.92 Å². The Labute approximate surface area is 166 Å². The molecule has 0 radical (unpaired) electrons. The number of fused-ring (bicyclic) bond motifs is 1. The molecule has 0 atom stereocenters. The van der Waals surface area contributed by atoms with Crippen LogP contribution in [0.5, 0.6) is 0 Å². The van der Waals surface area contributed by atoms with Gasteiger partial charge >= 0.3 is 0 Å². The number of anilines is 2. The molecule has 2 aromatic heterocycles. The predicted molar refractivity (Wildman–Crippen MR) is 115 cm³/mol. The van der Waals surface area contributed by atoms with Crippen LogP contribution < -0.4 is 5.32 Å². The summed E-state index contributed by atoms with van der Waals surface area (Å²) >= 11 is 0. The molecule has 1 aromatic carbocycles. The molecule has 146 valence electrons. The third-order valence-electron chi connectivity index (χ3n) is 4.97. The number of aryl methyl sites for hydroxylation is 1. The summed E-state index contributed by atoms with van der Waals surface area (Å²) < 4.78 is 0. The maximum Gasteiger partial charge on any atom is 0.257 e. The summed E-state index contributed by atoms with van der Waals surface area (Å²) in [6.07, 6.45) is 1.64. The fourth-order valence-corrected chi connectivity index (χ4v) is 3.27. The summed E-state index contributed by atoms with van der Waals surface area (Å²) in [5, 5.41) is 4.33. The quantitative estimate of drug-likeness (QED) is 0.635. The molecule has 0 bridgehead atoms. The van der Waals surface area contributed by atoms with Crippen LogP contribution in [-0.2, 0) is 0 Å². The number of hydrogen-bond acceptors (Lipinski definition) is 4. The van der Waals surface area contributed by atoms with Gasteiger partial charge in [0.25, 0.3) is 5.91 Å². The van der Waals surface area contributed by atoms with Gasteiger partial charge in [0, 0.05) is 36.1 Å². The van der Waals surface area contributed by atoms with Gasteiger partial charge < -0.3 is 10.2 Å². The van der Waals surface area contributed by atoms with Crippen molar-refractivity contribution in [2.45, 2.75) is 40.5 Å². The molecule has 3 rings (SSSR count). The van der Waals surface area contributed by atoms with Crippen molar-refractivity contribution in [2.75, 3.05) is 18.4 Å². The molecule has 0 aliphatic rings. The first-order valence-corrected chi connectivity index (χ1v) is 9.87. The van der Waals surface area contributed by atoms with Gasteiger partial charge in [-0.1, -0.05) is 26.0 Å². The lowest BCUT2D eigenvalue weighted by Gasteiger charge is -2.21. The second-order valence-corrected chi connectivity index (χ2v) is 7.25. The van der Waals surface area contributed by atoms with Gasteiger partial charge in [-0.2, -0.15) is 0 Å². The van der Waals surface area contributed by atoms with Crippen LogP contribution in [0.1, 0.15) is 55.2 Å². The van der Waals surface area contributed by atoms with Gasteiger partial charge in [-0.05, 0) is 56.5 Å². The molecule has 28 heavy (non-hydrogen) atoms. The van der Waals surface area contributed by atoms with E-state index in [2.05, 4.69) is 41.3 Å². The molecule has 0 fully saturated rings. The normalized spacial score (nSPS) is 11.1. The van der Waals surface area contributed by atoms with Crippen LogP contribution in [0.3, 0.4) is 0 Å². The lowest BCUT2D eigenvalue weighted by Crippen LogP contribution is -2.31. The molecule has 0 saturated heterocycles. The first kappa shape index (κ1) is 19.8. The van der Waals surface area contributed by atoms with Crippen molar-refractivity contribution in [3.05, 3.63) is 59.4 Å². The number of carbonyl (C=O) groups is 1. The van der Waals surface area contributed by atoms with Crippen molar-refractivity contribution in [1.82, 2.24) is 14.9 Å². The lowest BCUT2D eigenvalue weighted by atomic mass is 10.0. The Kier molecular flexibility index (Phi) is 5.93. The smallest absolute Gasteiger partial charge is 0.257 e. The highest BCUT2D eigenvalue weighted by Crippen LogP contribution is 2.30. The molecule has 3 aromatic rings. The maximum atomic E-state index is 13.1. The van der Waals surface area contributed by atoms with E-state index < -0.39 is 0 Å². The highest BCUT2D eigenvalue weighted by atomic mass is 16.2. The summed E-state index contributed by atoms with van der Waals surface area (Å²) in [4.78, 5) is 23.9. The van der Waals surface area contributed by atoms with E-state index in [1.54, 1.807) is 11.1 Å². The fraction of sp³-hybridized carbons (Fsp3) is 0.348. The summed E-state index contributed by atoms with van der Waals surface area (Å²) in [5.41, 5.74) is 5.06. The number of aromatic nitrogens is 2. The third-order valence-corrected chi connectivity index (χ3v) is 4.97. The largest absolute Gasteiger partial charge is 0.354 e. The summed E-state index contributed by atoms with van der Waals surface area (Å²) in [6.45, 7) is 11.6. The number of hydrogen-bond donors (Lipinski definition) is 1. The topological polar surface area (TPSA) is 58.1 Å². The van der Waals surface area contributed by atoms with Gasteiger partial charge in [0.15, 0.2) is 5.65 Å². The zero-order valence-electron chi connectivity index (χ0n) is 17.3. The van der Waals surface area contributed by atoms with Gasteiger partial charge in [0.05, 0.1) is 11.3 Å². The second-order valence-electron chi connectivity index (χ2n) is 7.25. The van der Waals surface area contributed by atoms with Gasteiger partial charge in [0.1, 0.15) is 0 Å². The lowest BCUT2D eigenvalue weighted by molar-refractivity contribution is 0.0774. The molecular formula is C23H28N4O. The fourth-order valence-electron chi connectivity index (χ4n) is 3.27. The van der Waals surface area contributed by atoms with E-state index >= 15 is 0 Å². The number of amides is 1. The van der Waals surface area contributed by atoms with Crippen LogP contribution >= 0.6 is 0 Å². The van der Waals surface area contributed by atoms with Crippen molar-refractivity contribution in [3.8, 4) is 0 Å². The minimum absolute atomic E-state index is 0.0255. The first-order valence-electron chi connectivity index (χ1n) is 9.87. The Bertz CT molecular complexity index is 993. The monoisotopic (exact) mass is 376 g/mol. The molecule has 5 heteroatoms. The summed E-state index contributed by atoms with van der Waals surface area (Å²) in [6, 6.07) is 12.2. The highest BCUT2D eigenvalue weighted by molar-refractivity contribution is 6.07. The average Bonchev–Trinajstić information content (AvgIpc) is 2.69. The molecule has 0 aliphatic heterocycles. The molecule has 0 saturated carbocycles. The Balaban J connectivity index is 2.15. The maximum absolute atomic E-state index is 13.1. The van der Waals surface area contributed by atoms with Crippen LogP contribution in [0.25, 0.3) is 11.0 Å². The van der Waals surface area contributed by atoms with Crippen molar-refractivity contribution >= 4 is 28.3 Å². The summed E-state index contributed by atoms with van der Waals surface area (Å²) in [5.74, 6) is 0.402. The minimum Gasteiger partial charge on any atom is -0.354 e. The number of rotatable bonds is 6. The zero-order chi connectivity index (χ0) is 20.3. The van der Waals surface area contributed by atoms with Gasteiger partial charge in [-0.15, -0.1) is 0 Å². The molecule has 2 heterocycles. The van der Waals surface area contributed by atoms with Crippen molar-refractivity contribution in [2.24, 2.45) is 0 Å². The predicted octanol–water partition coefficient (Wildman–Crippen LogP) is 5.29. The van der Waals surface area contributed by atoms with Crippen LogP contribution in [0.4, 0.5) is 11.4 Å². The Morgan fingerprint density at radius 3 is 2.57 bits per heavy atom. The zero-order valence-corrected chi connectivity index (χ0v) is 17.3. The molecular weight excluding hydrogens is 348 g/mol. The van der Waals surface area contributed by atoms with Crippen molar-refractivity contribution in [3.63, 3.8) is 0 Å². The van der Waals surface area contributed by atoms with Gasteiger partial charge in [0.2, 0.25) is 0 Å². The standard InChI is InChI=1S/C23H28N4O/c1-6-27(7-2)23(28)20-14-24-22-19(12-11-16(5)25-22)21(20)26-18-10-8-9-17(13-18)15(3)4/h8-15H,6-7H2,1-5H3,(H,24,25,26). The first-order chi connectivity index (χ1) is 13.4. The van der Waals surface area contributed by atoms with Gasteiger partial charge in [-0.3, -0.25) is 4.79 Å². The number of benzene rings is 1. The molecule has 1 N–H and O–H groups in total. The summed E-state index contributed by atoms with van der Waals surface area (Å²) in [7, 11) is 0. The van der Waals surface area contributed by atoms with E-state index in [9.17, 15) is 4.79 Å². The van der Waals surface area contributed by atoms with Crippen LogP contribution in [-0.4, -0.2) is 33.9 Å². The second kappa shape index (κ2) is 8.38. The van der Waals surface area contributed by atoms with Crippen molar-refractivity contribution < 1.29 is 4.79 Å². The Hall–Kier alpha value is -2.95. The third kappa shape index (κ3) is 3.98. The SMILES string of the molecule is CCN(CC)C(=O)c1cnc2nc(C)ccc2c1Nc1cccc(C(C)C)c1. The molecule has 0 unspecified atom stereocenters. The molecule has 5 nitrogen and oxygen atoms in total. The molecule has 0 spiro atoms. The van der Waals surface area contributed by atoms with Crippen molar-refractivity contribution in [1.29, 1.82) is 0 Å². The van der Waals surface area contributed by atoms with E-state index in [4.69, 9.17) is 0 Å². The molecule has 1 amide bonds. The van der Waals surface area contributed by atoms with E-state index in [1.807, 2.05) is 45.0 Å². The van der Waals surface area contributed by atoms with E-state index in [1.165, 1.54) is 5.56 Å². The molecule has 0 aliphatic carbocycles. The Morgan fingerprint density at radius 2 is 1.89 bits per heavy atom. The van der Waals surface area contributed by atoms with Gasteiger partial charge in [-0.25, -0.2) is 9.97 Å². The number of carbonyl (C=O) groups excluding carboxylic acids is 1. The highest BCUT2D eigenvalue weighted by Gasteiger charge is 2.20. The number of nitrogens with one attached hydrogen (secondary N) is 1. The van der Waals surface area contributed by atoms with E-state index in [-0.39, 0.29) is 5.91 Å². The average molecular weight is 377 g/mol. The van der Waals surface area contributed by atoms with Crippen LogP contribution in [0.15, 0.2) is 42.6 Å². The van der Waals surface area contributed by atoms with Crippen LogP contribution in [0.2, 0.25) is 0 Å². The minimum atomic E-state index is -0.0255. The van der Waals surface area contributed by atoms with E-state index in [0.717, 1.165) is 22.5 Å².